The van der Waals surface area contributed by atoms with Crippen LogP contribution in [0.15, 0.2) is 4.34 Å². The van der Waals surface area contributed by atoms with E-state index < -0.39 is 23.9 Å². The van der Waals surface area contributed by atoms with Crippen LogP contribution < -0.4 is 16.4 Å². The molecular weight excluding hydrogens is 294 g/mol. The van der Waals surface area contributed by atoms with E-state index in [1.54, 1.807) is 0 Å². The van der Waals surface area contributed by atoms with Crippen molar-refractivity contribution in [2.24, 2.45) is 5.73 Å². The van der Waals surface area contributed by atoms with Crippen LogP contribution in [0.2, 0.25) is 0 Å². The second-order valence-electron chi connectivity index (χ2n) is 3.28. The number of primary amides is 1. The van der Waals surface area contributed by atoms with Crippen LogP contribution in [-0.2, 0) is 9.59 Å². The highest BCUT2D eigenvalue weighted by Crippen LogP contribution is 2.25. The van der Waals surface area contributed by atoms with Crippen LogP contribution in [0.5, 0.6) is 0 Å². The van der Waals surface area contributed by atoms with Crippen molar-refractivity contribution in [1.29, 1.82) is 0 Å². The summed E-state index contributed by atoms with van der Waals surface area (Å²) in [6.07, 6.45) is 0. The van der Waals surface area contributed by atoms with E-state index in [1.165, 1.54) is 6.92 Å². The normalized spacial score (nSPS) is 11.6. The number of anilines is 1. The summed E-state index contributed by atoms with van der Waals surface area (Å²) in [6, 6.07) is -1.62. The van der Waals surface area contributed by atoms with Gasteiger partial charge in [-0.25, -0.2) is 4.79 Å². The molecule has 0 spiro atoms. The van der Waals surface area contributed by atoms with E-state index >= 15 is 0 Å². The fourth-order valence-corrected chi connectivity index (χ4v) is 2.41. The molecule has 1 aromatic rings. The largest absolute Gasteiger partial charge is 0.481 e. The number of urea groups is 1. The van der Waals surface area contributed by atoms with Crippen molar-refractivity contribution in [2.75, 3.05) is 11.1 Å². The Hall–Kier alpha value is -1.88. The average molecular weight is 305 g/mol. The van der Waals surface area contributed by atoms with Crippen molar-refractivity contribution < 1.29 is 19.5 Å². The van der Waals surface area contributed by atoms with Crippen molar-refractivity contribution in [3.63, 3.8) is 0 Å². The predicted octanol–water partition coefficient (Wildman–Crippen LogP) is -0.290. The van der Waals surface area contributed by atoms with Gasteiger partial charge in [0.05, 0.1) is 5.75 Å². The molecule has 1 aromatic heterocycles. The van der Waals surface area contributed by atoms with E-state index in [1.807, 2.05) is 0 Å². The molecule has 0 fully saturated rings. The van der Waals surface area contributed by atoms with Gasteiger partial charge in [-0.1, -0.05) is 23.1 Å². The quantitative estimate of drug-likeness (QED) is 0.417. The number of thioether (sulfide) groups is 1. The van der Waals surface area contributed by atoms with Gasteiger partial charge >= 0.3 is 12.0 Å². The zero-order valence-electron chi connectivity index (χ0n) is 9.74. The van der Waals surface area contributed by atoms with Gasteiger partial charge in [0.15, 0.2) is 4.34 Å². The fraction of sp³-hybridized carbons (Fsp3) is 0.375. The summed E-state index contributed by atoms with van der Waals surface area (Å²) >= 11 is 2.04. The summed E-state index contributed by atoms with van der Waals surface area (Å²) in [4.78, 5) is 32.5. The van der Waals surface area contributed by atoms with E-state index in [-0.39, 0.29) is 10.9 Å². The Morgan fingerprint density at radius 3 is 2.74 bits per heavy atom. The van der Waals surface area contributed by atoms with Gasteiger partial charge in [-0.3, -0.25) is 14.9 Å². The lowest BCUT2D eigenvalue weighted by atomic mass is 10.3. The summed E-state index contributed by atoms with van der Waals surface area (Å²) in [5.74, 6) is -1.60. The zero-order chi connectivity index (χ0) is 14.4. The SMILES string of the molecule is CC(NC(N)=O)C(=O)Nc1nnc(SCC(=O)O)s1. The van der Waals surface area contributed by atoms with Crippen molar-refractivity contribution in [2.45, 2.75) is 17.3 Å². The maximum absolute atomic E-state index is 11.6. The first-order chi connectivity index (χ1) is 8.88. The molecular formula is C8H11N5O4S2. The van der Waals surface area contributed by atoms with Crippen LogP contribution in [0.3, 0.4) is 0 Å². The maximum atomic E-state index is 11.6. The summed E-state index contributed by atoms with van der Waals surface area (Å²) in [5.41, 5.74) is 4.88. The molecule has 1 atom stereocenters. The summed E-state index contributed by atoms with van der Waals surface area (Å²) in [6.45, 7) is 1.46. The highest BCUT2D eigenvalue weighted by atomic mass is 32.2. The van der Waals surface area contributed by atoms with Crippen LogP contribution in [0.4, 0.5) is 9.93 Å². The molecule has 1 rings (SSSR count). The minimum Gasteiger partial charge on any atom is -0.481 e. The maximum Gasteiger partial charge on any atom is 0.313 e. The van der Waals surface area contributed by atoms with Crippen molar-refractivity contribution >= 4 is 46.1 Å². The molecule has 1 unspecified atom stereocenters. The number of amides is 3. The lowest BCUT2D eigenvalue weighted by Gasteiger charge is -2.10. The van der Waals surface area contributed by atoms with Gasteiger partial charge in [0, 0.05) is 0 Å². The lowest BCUT2D eigenvalue weighted by molar-refractivity contribution is -0.133. The van der Waals surface area contributed by atoms with Crippen LogP contribution >= 0.6 is 23.1 Å². The highest BCUT2D eigenvalue weighted by molar-refractivity contribution is 8.01. The Morgan fingerprint density at radius 2 is 2.16 bits per heavy atom. The van der Waals surface area contributed by atoms with E-state index in [0.29, 0.717) is 4.34 Å². The number of carboxylic acid groups (broad SMARTS) is 1. The lowest BCUT2D eigenvalue weighted by Crippen LogP contribution is -2.44. The van der Waals surface area contributed by atoms with Gasteiger partial charge in [0.1, 0.15) is 6.04 Å². The monoisotopic (exact) mass is 305 g/mol. The average Bonchev–Trinajstić information content (AvgIpc) is 2.73. The molecule has 3 amide bonds. The fourth-order valence-electron chi connectivity index (χ4n) is 0.935. The van der Waals surface area contributed by atoms with Gasteiger partial charge in [0.25, 0.3) is 0 Å². The number of nitrogens with zero attached hydrogens (tertiary/aromatic N) is 2. The molecule has 19 heavy (non-hydrogen) atoms. The van der Waals surface area contributed by atoms with E-state index in [0.717, 1.165) is 23.1 Å². The van der Waals surface area contributed by atoms with E-state index in [2.05, 4.69) is 20.8 Å². The topological polar surface area (TPSA) is 147 Å². The molecule has 5 N–H and O–H groups in total. The number of carboxylic acids is 1. The molecule has 9 nitrogen and oxygen atoms in total. The summed E-state index contributed by atoms with van der Waals surface area (Å²) in [5, 5.41) is 20.7. The van der Waals surface area contributed by atoms with Crippen LogP contribution in [0.25, 0.3) is 0 Å². The third-order valence-electron chi connectivity index (χ3n) is 1.71. The van der Waals surface area contributed by atoms with Crippen molar-refractivity contribution in [3.05, 3.63) is 0 Å². The molecule has 0 aliphatic carbocycles. The number of aromatic nitrogens is 2. The van der Waals surface area contributed by atoms with Gasteiger partial charge in [-0.2, -0.15) is 0 Å². The zero-order valence-corrected chi connectivity index (χ0v) is 11.4. The molecule has 0 saturated heterocycles. The van der Waals surface area contributed by atoms with Gasteiger partial charge in [0.2, 0.25) is 11.0 Å². The van der Waals surface area contributed by atoms with E-state index in [9.17, 15) is 14.4 Å². The smallest absolute Gasteiger partial charge is 0.313 e. The third kappa shape index (κ3) is 5.52. The van der Waals surface area contributed by atoms with Gasteiger partial charge in [-0.05, 0) is 6.92 Å². The van der Waals surface area contributed by atoms with Crippen LogP contribution in [-0.4, -0.2) is 45.0 Å². The van der Waals surface area contributed by atoms with Crippen molar-refractivity contribution in [3.8, 4) is 0 Å². The number of rotatable bonds is 6. The predicted molar refractivity (Wildman–Crippen MR) is 69.1 cm³/mol. The second kappa shape index (κ2) is 6.89. The first-order valence-corrected chi connectivity index (χ1v) is 6.73. The first kappa shape index (κ1) is 15.2. The Balaban J connectivity index is 2.51. The molecule has 0 aromatic carbocycles. The first-order valence-electron chi connectivity index (χ1n) is 4.93. The minimum atomic E-state index is -0.968. The number of carbonyl (C=O) groups is 3. The molecule has 0 aliphatic heterocycles. The van der Waals surface area contributed by atoms with Gasteiger partial charge < -0.3 is 16.2 Å². The second-order valence-corrected chi connectivity index (χ2v) is 5.48. The molecule has 104 valence electrons. The molecule has 0 radical (unpaired) electrons. The van der Waals surface area contributed by atoms with Gasteiger partial charge in [-0.15, -0.1) is 10.2 Å². The number of carbonyl (C=O) groups excluding carboxylic acids is 2. The molecule has 0 saturated carbocycles. The highest BCUT2D eigenvalue weighted by Gasteiger charge is 2.16. The number of hydrogen-bond donors (Lipinski definition) is 4. The number of aliphatic carboxylic acids is 1. The standard InChI is InChI=1S/C8H11N5O4S2/c1-3(10-6(9)17)5(16)11-7-12-13-8(19-7)18-2-4(14)15/h3H,2H2,1H3,(H,14,15)(H3,9,10,17)(H,11,12,16). The Labute approximate surface area is 116 Å². The number of hydrogen-bond acceptors (Lipinski definition) is 7. The Kier molecular flexibility index (Phi) is 5.51. The molecule has 0 bridgehead atoms. The Morgan fingerprint density at radius 1 is 1.47 bits per heavy atom. The van der Waals surface area contributed by atoms with Crippen LogP contribution in [0.1, 0.15) is 6.92 Å². The molecule has 11 heteroatoms. The number of nitrogens with one attached hydrogen (secondary N) is 2. The van der Waals surface area contributed by atoms with Crippen LogP contribution in [0, 0.1) is 0 Å². The Bertz CT molecular complexity index is 491. The number of nitrogens with two attached hydrogens (primary N) is 1. The summed E-state index contributed by atoms with van der Waals surface area (Å²) < 4.78 is 0.424. The molecule has 0 aliphatic rings. The summed E-state index contributed by atoms with van der Waals surface area (Å²) in [7, 11) is 0. The molecule has 1 heterocycles. The third-order valence-corrected chi connectivity index (χ3v) is 3.66. The van der Waals surface area contributed by atoms with E-state index in [4.69, 9.17) is 10.8 Å². The minimum absolute atomic E-state index is 0.137. The van der Waals surface area contributed by atoms with Crippen molar-refractivity contribution in [1.82, 2.24) is 15.5 Å².